The van der Waals surface area contributed by atoms with Crippen molar-refractivity contribution < 1.29 is 0 Å². The SMILES string of the molecule is N#Cc1ccc2nc(-c3ccc(Cl)c(Cl)c3)cn2c1. The molecule has 0 bridgehead atoms. The van der Waals surface area contributed by atoms with Crippen molar-refractivity contribution in [1.29, 1.82) is 5.26 Å². The van der Waals surface area contributed by atoms with Gasteiger partial charge in [-0.2, -0.15) is 5.26 Å². The minimum Gasteiger partial charge on any atom is -0.305 e. The second-order valence-electron chi connectivity index (χ2n) is 4.05. The molecule has 2 aromatic heterocycles. The maximum absolute atomic E-state index is 8.87. The Kier molecular flexibility index (Phi) is 2.90. The van der Waals surface area contributed by atoms with E-state index in [1.165, 1.54) is 0 Å². The van der Waals surface area contributed by atoms with Crippen LogP contribution < -0.4 is 0 Å². The Hall–Kier alpha value is -2.02. The standard InChI is InChI=1S/C14H7Cl2N3/c15-11-3-2-10(5-12(11)16)13-8-19-7-9(6-17)1-4-14(19)18-13/h1-5,7-8H. The molecule has 3 aromatic rings. The summed E-state index contributed by atoms with van der Waals surface area (Å²) in [6.45, 7) is 0. The van der Waals surface area contributed by atoms with Gasteiger partial charge in [-0.15, -0.1) is 0 Å². The lowest BCUT2D eigenvalue weighted by atomic mass is 10.2. The first-order valence-corrected chi connectivity index (χ1v) is 6.27. The summed E-state index contributed by atoms with van der Waals surface area (Å²) in [5, 5.41) is 9.88. The van der Waals surface area contributed by atoms with Crippen LogP contribution in [0.25, 0.3) is 16.9 Å². The Labute approximate surface area is 119 Å². The van der Waals surface area contributed by atoms with E-state index in [0.29, 0.717) is 15.6 Å². The first-order valence-electron chi connectivity index (χ1n) is 5.51. The van der Waals surface area contributed by atoms with Crippen molar-refractivity contribution in [1.82, 2.24) is 9.38 Å². The van der Waals surface area contributed by atoms with Crippen LogP contribution in [0.15, 0.2) is 42.7 Å². The van der Waals surface area contributed by atoms with Gasteiger partial charge < -0.3 is 4.40 Å². The number of pyridine rings is 1. The zero-order valence-corrected chi connectivity index (χ0v) is 11.2. The molecule has 0 radical (unpaired) electrons. The third kappa shape index (κ3) is 2.17. The molecule has 0 aliphatic rings. The van der Waals surface area contributed by atoms with Gasteiger partial charge in [0.15, 0.2) is 0 Å². The van der Waals surface area contributed by atoms with Crippen LogP contribution in [-0.2, 0) is 0 Å². The van der Waals surface area contributed by atoms with Crippen molar-refractivity contribution in [3.05, 3.63) is 58.3 Å². The Morgan fingerprint density at radius 1 is 1.05 bits per heavy atom. The molecule has 3 nitrogen and oxygen atoms in total. The Balaban J connectivity index is 2.15. The molecule has 2 heterocycles. The van der Waals surface area contributed by atoms with E-state index >= 15 is 0 Å². The molecular formula is C14H7Cl2N3. The van der Waals surface area contributed by atoms with Crippen molar-refractivity contribution in [3.8, 4) is 17.3 Å². The predicted octanol–water partition coefficient (Wildman–Crippen LogP) is 4.18. The molecule has 5 heteroatoms. The number of aromatic nitrogens is 2. The number of nitrogens with zero attached hydrogens (tertiary/aromatic N) is 3. The highest BCUT2D eigenvalue weighted by Crippen LogP contribution is 2.28. The molecule has 0 fully saturated rings. The van der Waals surface area contributed by atoms with Crippen LogP contribution in [0, 0.1) is 11.3 Å². The van der Waals surface area contributed by atoms with Crippen LogP contribution in [0.3, 0.4) is 0 Å². The number of fused-ring (bicyclic) bond motifs is 1. The topological polar surface area (TPSA) is 41.1 Å². The Bertz CT molecular complexity index is 815. The first kappa shape index (κ1) is 12.0. The van der Waals surface area contributed by atoms with E-state index in [-0.39, 0.29) is 0 Å². The molecule has 92 valence electrons. The fourth-order valence-electron chi connectivity index (χ4n) is 1.85. The number of benzene rings is 1. The molecule has 19 heavy (non-hydrogen) atoms. The smallest absolute Gasteiger partial charge is 0.137 e. The second-order valence-corrected chi connectivity index (χ2v) is 4.86. The van der Waals surface area contributed by atoms with Gasteiger partial charge in [0.1, 0.15) is 11.7 Å². The van der Waals surface area contributed by atoms with Crippen LogP contribution in [0.1, 0.15) is 5.56 Å². The van der Waals surface area contributed by atoms with E-state index in [4.69, 9.17) is 28.5 Å². The lowest BCUT2D eigenvalue weighted by molar-refractivity contribution is 1.17. The van der Waals surface area contributed by atoms with Crippen LogP contribution in [0.4, 0.5) is 0 Å². The summed E-state index contributed by atoms with van der Waals surface area (Å²) >= 11 is 11.9. The van der Waals surface area contributed by atoms with Crippen LogP contribution >= 0.6 is 23.2 Å². The zero-order chi connectivity index (χ0) is 13.4. The molecule has 0 saturated heterocycles. The van der Waals surface area contributed by atoms with Gasteiger partial charge >= 0.3 is 0 Å². The summed E-state index contributed by atoms with van der Waals surface area (Å²) < 4.78 is 1.82. The van der Waals surface area contributed by atoms with Gasteiger partial charge in [0.05, 0.1) is 21.3 Å². The summed E-state index contributed by atoms with van der Waals surface area (Å²) in [4.78, 5) is 4.48. The molecular weight excluding hydrogens is 281 g/mol. The largest absolute Gasteiger partial charge is 0.305 e. The summed E-state index contributed by atoms with van der Waals surface area (Å²) in [5.74, 6) is 0. The fourth-order valence-corrected chi connectivity index (χ4v) is 2.15. The minimum absolute atomic E-state index is 0.494. The van der Waals surface area contributed by atoms with E-state index in [1.807, 2.05) is 16.7 Å². The van der Waals surface area contributed by atoms with E-state index < -0.39 is 0 Å². The lowest BCUT2D eigenvalue weighted by Gasteiger charge is -1.98. The predicted molar refractivity (Wildman–Crippen MR) is 75.4 cm³/mol. The average Bonchev–Trinajstić information content (AvgIpc) is 2.84. The molecule has 0 amide bonds. The molecule has 3 rings (SSSR count). The van der Waals surface area contributed by atoms with Crippen molar-refractivity contribution >= 4 is 28.8 Å². The number of hydrogen-bond acceptors (Lipinski definition) is 2. The maximum atomic E-state index is 8.87. The molecule has 0 saturated carbocycles. The molecule has 0 aliphatic heterocycles. The highest BCUT2D eigenvalue weighted by Gasteiger charge is 2.07. The third-order valence-corrected chi connectivity index (χ3v) is 3.53. The number of rotatable bonds is 1. The van der Waals surface area contributed by atoms with E-state index in [1.54, 1.807) is 30.5 Å². The molecule has 1 aromatic carbocycles. The van der Waals surface area contributed by atoms with Crippen LogP contribution in [-0.4, -0.2) is 9.38 Å². The lowest BCUT2D eigenvalue weighted by Crippen LogP contribution is -1.83. The van der Waals surface area contributed by atoms with Crippen LogP contribution in [0.5, 0.6) is 0 Å². The normalized spacial score (nSPS) is 10.6. The van der Waals surface area contributed by atoms with Gasteiger partial charge in [-0.05, 0) is 24.3 Å². The van der Waals surface area contributed by atoms with E-state index in [0.717, 1.165) is 16.9 Å². The number of imidazole rings is 1. The molecule has 0 atom stereocenters. The fraction of sp³-hybridized carbons (Fsp3) is 0. The quantitative estimate of drug-likeness (QED) is 0.674. The Morgan fingerprint density at radius 2 is 1.89 bits per heavy atom. The first-order chi connectivity index (χ1) is 9.17. The van der Waals surface area contributed by atoms with E-state index in [9.17, 15) is 0 Å². The molecule has 0 spiro atoms. The van der Waals surface area contributed by atoms with Crippen molar-refractivity contribution in [2.24, 2.45) is 0 Å². The highest BCUT2D eigenvalue weighted by atomic mass is 35.5. The second kappa shape index (κ2) is 4.58. The van der Waals surface area contributed by atoms with Gasteiger partial charge in [0.2, 0.25) is 0 Å². The molecule has 0 N–H and O–H groups in total. The Morgan fingerprint density at radius 3 is 2.63 bits per heavy atom. The van der Waals surface area contributed by atoms with E-state index in [2.05, 4.69) is 11.1 Å². The summed E-state index contributed by atoms with van der Waals surface area (Å²) in [6, 6.07) is 11.0. The number of hydrogen-bond donors (Lipinski definition) is 0. The van der Waals surface area contributed by atoms with Crippen molar-refractivity contribution in [2.45, 2.75) is 0 Å². The van der Waals surface area contributed by atoms with Crippen molar-refractivity contribution in [2.75, 3.05) is 0 Å². The van der Waals surface area contributed by atoms with Crippen molar-refractivity contribution in [3.63, 3.8) is 0 Å². The molecule has 0 unspecified atom stereocenters. The maximum Gasteiger partial charge on any atom is 0.137 e. The monoisotopic (exact) mass is 287 g/mol. The van der Waals surface area contributed by atoms with Gasteiger partial charge in [0.25, 0.3) is 0 Å². The molecule has 0 aliphatic carbocycles. The summed E-state index contributed by atoms with van der Waals surface area (Å²) in [5.41, 5.74) is 3.04. The van der Waals surface area contributed by atoms with Gasteiger partial charge in [-0.3, -0.25) is 0 Å². The van der Waals surface area contributed by atoms with Gasteiger partial charge in [0, 0.05) is 18.0 Å². The summed E-state index contributed by atoms with van der Waals surface area (Å²) in [6.07, 6.45) is 3.60. The number of nitriles is 1. The van der Waals surface area contributed by atoms with Gasteiger partial charge in [-0.1, -0.05) is 29.3 Å². The minimum atomic E-state index is 0.494. The number of halogens is 2. The average molecular weight is 288 g/mol. The summed E-state index contributed by atoms with van der Waals surface area (Å²) in [7, 11) is 0. The third-order valence-electron chi connectivity index (χ3n) is 2.80. The highest BCUT2D eigenvalue weighted by molar-refractivity contribution is 6.42. The van der Waals surface area contributed by atoms with Crippen LogP contribution in [0.2, 0.25) is 10.0 Å². The van der Waals surface area contributed by atoms with Gasteiger partial charge in [-0.25, -0.2) is 4.98 Å². The zero-order valence-electron chi connectivity index (χ0n) is 9.64.